The van der Waals surface area contributed by atoms with Crippen molar-refractivity contribution in [2.24, 2.45) is 11.8 Å². The Hall–Kier alpha value is -1.41. The van der Waals surface area contributed by atoms with Gasteiger partial charge >= 0.3 is 5.97 Å². The minimum absolute atomic E-state index is 0.0344. The number of ether oxygens (including phenoxy) is 1. The molecule has 0 aliphatic heterocycles. The zero-order valence-corrected chi connectivity index (χ0v) is 20.7. The molecule has 1 fully saturated rings. The fraction of sp³-hybridized carbons (Fsp3) is 0.708. The number of benzene rings is 1. The van der Waals surface area contributed by atoms with Gasteiger partial charge in [0.15, 0.2) is 8.32 Å². The fourth-order valence-electron chi connectivity index (χ4n) is 4.15. The van der Waals surface area contributed by atoms with Crippen LogP contribution in [0.4, 0.5) is 0 Å². The zero-order chi connectivity index (χ0) is 23.4. The van der Waals surface area contributed by atoms with Gasteiger partial charge in [-0.3, -0.25) is 4.79 Å². The standard InChI is InChI=1S/C24H40O6Si/c1-16(29-17-10-8-7-9-11-17)22(30-31(5,6)24(2,3)4)13-12-18-19(14-23(27)28)21(26)15-20(18)25/h7-11,16,18-22,25-26H,12-15H2,1-6H3,(H,27,28)/t16?,18-,19-,20-,21+,22+/m1/s1. The largest absolute Gasteiger partial charge is 0.488 e. The molecule has 0 bridgehead atoms. The van der Waals surface area contributed by atoms with Crippen molar-refractivity contribution < 1.29 is 29.3 Å². The molecular formula is C24H40O6Si. The number of hydrogen-bond donors (Lipinski definition) is 3. The smallest absolute Gasteiger partial charge is 0.303 e. The third-order valence-corrected chi connectivity index (χ3v) is 11.6. The molecule has 6 atom stereocenters. The Morgan fingerprint density at radius 2 is 1.71 bits per heavy atom. The summed E-state index contributed by atoms with van der Waals surface area (Å²) in [6.07, 6.45) is -0.580. The Kier molecular flexibility index (Phi) is 8.73. The number of carboxylic acid groups (broad SMARTS) is 1. The molecule has 1 aliphatic carbocycles. The highest BCUT2D eigenvalue weighted by Gasteiger charge is 2.44. The van der Waals surface area contributed by atoms with Crippen LogP contribution < -0.4 is 4.74 Å². The van der Waals surface area contributed by atoms with Crippen LogP contribution in [0.15, 0.2) is 30.3 Å². The number of aliphatic carboxylic acids is 1. The van der Waals surface area contributed by atoms with Crippen LogP contribution in [0.25, 0.3) is 0 Å². The van der Waals surface area contributed by atoms with Crippen LogP contribution in [0.2, 0.25) is 18.1 Å². The molecule has 1 saturated carbocycles. The van der Waals surface area contributed by atoms with Crippen LogP contribution >= 0.6 is 0 Å². The lowest BCUT2D eigenvalue weighted by Crippen LogP contribution is -2.48. The molecular weight excluding hydrogens is 412 g/mol. The van der Waals surface area contributed by atoms with Crippen molar-refractivity contribution in [3.05, 3.63) is 30.3 Å². The summed E-state index contributed by atoms with van der Waals surface area (Å²) in [5, 5.41) is 30.0. The van der Waals surface area contributed by atoms with E-state index in [1.54, 1.807) is 0 Å². The minimum atomic E-state index is -2.08. The van der Waals surface area contributed by atoms with E-state index in [4.69, 9.17) is 9.16 Å². The summed E-state index contributed by atoms with van der Waals surface area (Å²) in [5.41, 5.74) is 0. The topological polar surface area (TPSA) is 96.2 Å². The molecule has 0 spiro atoms. The monoisotopic (exact) mass is 452 g/mol. The molecule has 176 valence electrons. The maximum absolute atomic E-state index is 11.3. The third kappa shape index (κ3) is 7.04. The van der Waals surface area contributed by atoms with Gasteiger partial charge in [0.2, 0.25) is 0 Å². The van der Waals surface area contributed by atoms with Gasteiger partial charge in [0.25, 0.3) is 0 Å². The van der Waals surface area contributed by atoms with Crippen molar-refractivity contribution in [1.82, 2.24) is 0 Å². The second kappa shape index (κ2) is 10.5. The van der Waals surface area contributed by atoms with E-state index in [2.05, 4.69) is 33.9 Å². The highest BCUT2D eigenvalue weighted by molar-refractivity contribution is 6.74. The van der Waals surface area contributed by atoms with E-state index >= 15 is 0 Å². The second-order valence-electron chi connectivity index (χ2n) is 10.4. The van der Waals surface area contributed by atoms with E-state index < -0.39 is 32.4 Å². The predicted molar refractivity (Wildman–Crippen MR) is 124 cm³/mol. The van der Waals surface area contributed by atoms with E-state index in [1.165, 1.54) is 0 Å². The van der Waals surface area contributed by atoms with Crippen LogP contribution in [0, 0.1) is 11.8 Å². The van der Waals surface area contributed by atoms with E-state index in [0.29, 0.717) is 12.8 Å². The Labute approximate surface area is 187 Å². The van der Waals surface area contributed by atoms with Crippen molar-refractivity contribution >= 4 is 14.3 Å². The first-order valence-electron chi connectivity index (χ1n) is 11.3. The molecule has 0 amide bonds. The molecule has 7 heteroatoms. The summed E-state index contributed by atoms with van der Waals surface area (Å²) in [5.74, 6) is -0.871. The summed E-state index contributed by atoms with van der Waals surface area (Å²) in [6, 6.07) is 9.63. The molecule has 3 N–H and O–H groups in total. The van der Waals surface area contributed by atoms with Crippen LogP contribution in [0.5, 0.6) is 5.75 Å². The van der Waals surface area contributed by atoms with Crippen molar-refractivity contribution in [3.63, 3.8) is 0 Å². The van der Waals surface area contributed by atoms with Crippen LogP contribution in [0.1, 0.15) is 53.4 Å². The van der Waals surface area contributed by atoms with Gasteiger partial charge in [-0.25, -0.2) is 0 Å². The number of aliphatic hydroxyl groups is 2. The molecule has 1 aliphatic rings. The number of rotatable bonds is 10. The summed E-state index contributed by atoms with van der Waals surface area (Å²) < 4.78 is 12.9. The summed E-state index contributed by atoms with van der Waals surface area (Å²) in [6.45, 7) is 13.0. The van der Waals surface area contributed by atoms with Crippen molar-refractivity contribution in [2.45, 2.75) is 95.9 Å². The lowest BCUT2D eigenvalue weighted by atomic mass is 9.86. The lowest BCUT2D eigenvalue weighted by molar-refractivity contribution is -0.139. The Morgan fingerprint density at radius 3 is 2.26 bits per heavy atom. The fourth-order valence-corrected chi connectivity index (χ4v) is 5.57. The first-order valence-corrected chi connectivity index (χ1v) is 14.2. The molecule has 1 unspecified atom stereocenters. The van der Waals surface area contributed by atoms with Crippen molar-refractivity contribution in [3.8, 4) is 5.75 Å². The van der Waals surface area contributed by atoms with E-state index in [-0.39, 0.29) is 36.0 Å². The number of carboxylic acids is 1. The van der Waals surface area contributed by atoms with Gasteiger partial charge in [0.1, 0.15) is 11.9 Å². The normalized spacial score (nSPS) is 26.5. The van der Waals surface area contributed by atoms with E-state index in [9.17, 15) is 20.1 Å². The van der Waals surface area contributed by atoms with Crippen LogP contribution in [-0.2, 0) is 9.22 Å². The highest BCUT2D eigenvalue weighted by Crippen LogP contribution is 2.41. The molecule has 0 aromatic heterocycles. The van der Waals surface area contributed by atoms with Gasteiger partial charge < -0.3 is 24.5 Å². The molecule has 1 aromatic carbocycles. The molecule has 31 heavy (non-hydrogen) atoms. The number of para-hydroxylation sites is 1. The molecule has 2 rings (SSSR count). The average Bonchev–Trinajstić information content (AvgIpc) is 2.91. The third-order valence-electron chi connectivity index (χ3n) is 7.06. The predicted octanol–water partition coefficient (Wildman–Crippen LogP) is 4.46. The summed E-state index contributed by atoms with van der Waals surface area (Å²) in [4.78, 5) is 11.3. The Bertz CT molecular complexity index is 702. The van der Waals surface area contributed by atoms with Gasteiger partial charge in [-0.2, -0.15) is 0 Å². The number of aliphatic hydroxyl groups excluding tert-OH is 2. The Balaban J connectivity index is 2.16. The Morgan fingerprint density at radius 1 is 1.13 bits per heavy atom. The van der Waals surface area contributed by atoms with Gasteiger partial charge in [0, 0.05) is 5.92 Å². The average molecular weight is 453 g/mol. The maximum Gasteiger partial charge on any atom is 0.303 e. The van der Waals surface area contributed by atoms with Gasteiger partial charge in [-0.05, 0) is 62.4 Å². The minimum Gasteiger partial charge on any atom is -0.488 e. The number of carbonyl (C=O) groups is 1. The summed E-state index contributed by atoms with van der Waals surface area (Å²) in [7, 11) is -2.08. The SMILES string of the molecule is CC(Oc1ccccc1)[C@H](CC[C@@H]1[C@@H](CC(=O)O)[C@@H](O)C[C@H]1O)O[Si](C)(C)C(C)(C)C. The van der Waals surface area contributed by atoms with Gasteiger partial charge in [0.05, 0.1) is 24.7 Å². The van der Waals surface area contributed by atoms with Gasteiger partial charge in [-0.1, -0.05) is 39.0 Å². The first kappa shape index (κ1) is 25.8. The van der Waals surface area contributed by atoms with Crippen molar-refractivity contribution in [2.75, 3.05) is 0 Å². The molecule has 0 radical (unpaired) electrons. The van der Waals surface area contributed by atoms with Crippen LogP contribution in [-0.4, -0.2) is 54.0 Å². The highest BCUT2D eigenvalue weighted by atomic mass is 28.4. The van der Waals surface area contributed by atoms with Crippen molar-refractivity contribution in [1.29, 1.82) is 0 Å². The maximum atomic E-state index is 11.3. The summed E-state index contributed by atoms with van der Waals surface area (Å²) >= 11 is 0. The molecule has 1 aromatic rings. The number of hydrogen-bond acceptors (Lipinski definition) is 5. The molecule has 0 saturated heterocycles. The van der Waals surface area contributed by atoms with E-state index in [0.717, 1.165) is 5.75 Å². The molecule has 0 heterocycles. The van der Waals surface area contributed by atoms with Gasteiger partial charge in [-0.15, -0.1) is 0 Å². The zero-order valence-electron chi connectivity index (χ0n) is 19.7. The quantitative estimate of drug-likeness (QED) is 0.454. The van der Waals surface area contributed by atoms with Crippen LogP contribution in [0.3, 0.4) is 0 Å². The molecule has 6 nitrogen and oxygen atoms in total. The second-order valence-corrected chi connectivity index (χ2v) is 15.2. The first-order chi connectivity index (χ1) is 14.3. The lowest BCUT2D eigenvalue weighted by Gasteiger charge is -2.41. The van der Waals surface area contributed by atoms with E-state index in [1.807, 2.05) is 37.3 Å².